The number of hydrogen-bond acceptors (Lipinski definition) is 2. The molecule has 0 unspecified atom stereocenters. The highest BCUT2D eigenvalue weighted by molar-refractivity contribution is 9.10. The van der Waals surface area contributed by atoms with Crippen LogP contribution in [0.5, 0.6) is 5.75 Å². The van der Waals surface area contributed by atoms with Gasteiger partial charge in [0.05, 0.1) is 12.8 Å². The Bertz CT molecular complexity index is 635. The molecule has 1 fully saturated rings. The zero-order valence-corrected chi connectivity index (χ0v) is 14.0. The molecule has 0 aliphatic heterocycles. The zero-order chi connectivity index (χ0) is 14.8. The monoisotopic (exact) mass is 345 g/mol. The maximum Gasteiger partial charge on any atom is 0.142 e. The first-order valence-electron chi connectivity index (χ1n) is 7.33. The number of rotatable bonds is 4. The highest BCUT2D eigenvalue weighted by Gasteiger charge is 2.31. The van der Waals surface area contributed by atoms with Crippen molar-refractivity contribution in [2.75, 3.05) is 12.4 Å². The minimum absolute atomic E-state index is 0.526. The van der Waals surface area contributed by atoms with Crippen molar-refractivity contribution in [3.8, 4) is 5.75 Å². The van der Waals surface area contributed by atoms with E-state index in [1.54, 1.807) is 7.11 Å². The van der Waals surface area contributed by atoms with Gasteiger partial charge in [0, 0.05) is 10.5 Å². The summed E-state index contributed by atoms with van der Waals surface area (Å²) in [5.41, 5.74) is 3.97. The molecular formula is C18H20BrNO. The average molecular weight is 346 g/mol. The van der Waals surface area contributed by atoms with E-state index < -0.39 is 0 Å². The lowest BCUT2D eigenvalue weighted by Crippen LogP contribution is -2.34. The molecular weight excluding hydrogens is 326 g/mol. The summed E-state index contributed by atoms with van der Waals surface area (Å²) in [4.78, 5) is 0. The third kappa shape index (κ3) is 3.08. The molecule has 2 aromatic carbocycles. The summed E-state index contributed by atoms with van der Waals surface area (Å²) in [6.45, 7) is 2.20. The lowest BCUT2D eigenvalue weighted by molar-refractivity contribution is 0.369. The van der Waals surface area contributed by atoms with Gasteiger partial charge in [-0.3, -0.25) is 0 Å². The third-order valence-electron chi connectivity index (χ3n) is 4.29. The van der Waals surface area contributed by atoms with Crippen LogP contribution in [0.4, 0.5) is 5.69 Å². The predicted molar refractivity (Wildman–Crippen MR) is 91.3 cm³/mol. The van der Waals surface area contributed by atoms with Crippen molar-refractivity contribution >= 4 is 21.6 Å². The molecule has 0 amide bonds. The molecule has 0 bridgehead atoms. The SMILES string of the molecule is COc1ccc(Br)cc1NC1CC(c2ccccc2C)C1. The van der Waals surface area contributed by atoms with E-state index in [-0.39, 0.29) is 0 Å². The molecule has 2 aromatic rings. The molecule has 0 aromatic heterocycles. The van der Waals surface area contributed by atoms with E-state index in [1.807, 2.05) is 12.1 Å². The van der Waals surface area contributed by atoms with E-state index in [2.05, 4.69) is 58.5 Å². The van der Waals surface area contributed by atoms with Gasteiger partial charge < -0.3 is 10.1 Å². The van der Waals surface area contributed by atoms with Gasteiger partial charge >= 0.3 is 0 Å². The molecule has 0 spiro atoms. The van der Waals surface area contributed by atoms with Gasteiger partial charge in [0.1, 0.15) is 5.75 Å². The largest absolute Gasteiger partial charge is 0.495 e. The summed E-state index contributed by atoms with van der Waals surface area (Å²) in [5.74, 6) is 1.58. The second kappa shape index (κ2) is 6.10. The smallest absolute Gasteiger partial charge is 0.142 e. The van der Waals surface area contributed by atoms with Crippen LogP contribution in [0.25, 0.3) is 0 Å². The Kier molecular flexibility index (Phi) is 4.20. The van der Waals surface area contributed by atoms with Crippen LogP contribution in [0.1, 0.15) is 29.9 Å². The molecule has 21 heavy (non-hydrogen) atoms. The van der Waals surface area contributed by atoms with E-state index in [4.69, 9.17) is 4.74 Å². The molecule has 2 nitrogen and oxygen atoms in total. The van der Waals surface area contributed by atoms with Gasteiger partial charge in [0.15, 0.2) is 0 Å². The number of halogens is 1. The highest BCUT2D eigenvalue weighted by atomic mass is 79.9. The second-order valence-electron chi connectivity index (χ2n) is 5.71. The number of ether oxygens (including phenoxy) is 1. The Morgan fingerprint density at radius 3 is 2.62 bits per heavy atom. The Morgan fingerprint density at radius 2 is 1.90 bits per heavy atom. The molecule has 1 aliphatic rings. The van der Waals surface area contributed by atoms with Crippen LogP contribution in [0.2, 0.25) is 0 Å². The number of anilines is 1. The minimum atomic E-state index is 0.526. The van der Waals surface area contributed by atoms with Gasteiger partial charge in [-0.2, -0.15) is 0 Å². The molecule has 1 N–H and O–H groups in total. The number of hydrogen-bond donors (Lipinski definition) is 1. The fourth-order valence-electron chi connectivity index (χ4n) is 3.05. The average Bonchev–Trinajstić information content (AvgIpc) is 2.44. The topological polar surface area (TPSA) is 21.3 Å². The Balaban J connectivity index is 1.65. The van der Waals surface area contributed by atoms with Crippen LogP contribution >= 0.6 is 15.9 Å². The Labute approximate surface area is 134 Å². The molecule has 0 atom stereocenters. The normalized spacial score (nSPS) is 20.7. The number of aryl methyl sites for hydroxylation is 1. The fraction of sp³-hybridized carbons (Fsp3) is 0.333. The molecule has 1 aliphatic carbocycles. The highest BCUT2D eigenvalue weighted by Crippen LogP contribution is 2.41. The van der Waals surface area contributed by atoms with Crippen LogP contribution in [-0.4, -0.2) is 13.2 Å². The maximum atomic E-state index is 5.42. The summed E-state index contributed by atoms with van der Waals surface area (Å²) < 4.78 is 6.49. The van der Waals surface area contributed by atoms with E-state index >= 15 is 0 Å². The zero-order valence-electron chi connectivity index (χ0n) is 12.4. The first kappa shape index (κ1) is 14.5. The summed E-state index contributed by atoms with van der Waals surface area (Å²) in [6, 6.07) is 15.3. The van der Waals surface area contributed by atoms with Gasteiger partial charge in [-0.05, 0) is 55.0 Å². The molecule has 1 saturated carbocycles. The first-order chi connectivity index (χ1) is 10.2. The van der Waals surface area contributed by atoms with E-state index in [9.17, 15) is 0 Å². The van der Waals surface area contributed by atoms with Crippen LogP contribution in [0.15, 0.2) is 46.9 Å². The predicted octanol–water partition coefficient (Wildman–Crippen LogP) is 5.12. The molecule has 3 heteroatoms. The van der Waals surface area contributed by atoms with Crippen molar-refractivity contribution in [1.82, 2.24) is 0 Å². The van der Waals surface area contributed by atoms with Gasteiger partial charge in [-0.25, -0.2) is 0 Å². The summed E-state index contributed by atoms with van der Waals surface area (Å²) >= 11 is 3.52. The molecule has 0 heterocycles. The molecule has 3 rings (SSSR count). The van der Waals surface area contributed by atoms with Crippen molar-refractivity contribution < 1.29 is 4.74 Å². The van der Waals surface area contributed by atoms with Crippen molar-refractivity contribution in [3.05, 3.63) is 58.1 Å². The van der Waals surface area contributed by atoms with Gasteiger partial charge in [-0.1, -0.05) is 40.2 Å². The number of methoxy groups -OCH3 is 1. The summed E-state index contributed by atoms with van der Waals surface area (Å²) in [6.07, 6.45) is 2.36. The maximum absolute atomic E-state index is 5.42. The van der Waals surface area contributed by atoms with E-state index in [1.165, 1.54) is 24.0 Å². The van der Waals surface area contributed by atoms with E-state index in [0.29, 0.717) is 12.0 Å². The molecule has 0 saturated heterocycles. The van der Waals surface area contributed by atoms with Gasteiger partial charge in [-0.15, -0.1) is 0 Å². The van der Waals surface area contributed by atoms with Crippen molar-refractivity contribution in [2.45, 2.75) is 31.7 Å². The van der Waals surface area contributed by atoms with Crippen molar-refractivity contribution in [2.24, 2.45) is 0 Å². The fourth-order valence-corrected chi connectivity index (χ4v) is 3.41. The molecule has 0 radical (unpaired) electrons. The standard InChI is InChI=1S/C18H20BrNO/c1-12-5-3-4-6-16(12)13-9-15(10-13)20-17-11-14(19)7-8-18(17)21-2/h3-8,11,13,15,20H,9-10H2,1-2H3. The Hall–Kier alpha value is -1.48. The first-order valence-corrected chi connectivity index (χ1v) is 8.12. The quantitative estimate of drug-likeness (QED) is 0.829. The van der Waals surface area contributed by atoms with Crippen molar-refractivity contribution in [1.29, 1.82) is 0 Å². The van der Waals surface area contributed by atoms with Crippen LogP contribution < -0.4 is 10.1 Å². The lowest BCUT2D eigenvalue weighted by Gasteiger charge is -2.37. The number of benzene rings is 2. The summed E-state index contributed by atoms with van der Waals surface area (Å²) in [7, 11) is 1.71. The summed E-state index contributed by atoms with van der Waals surface area (Å²) in [5, 5.41) is 3.60. The van der Waals surface area contributed by atoms with Crippen LogP contribution in [-0.2, 0) is 0 Å². The van der Waals surface area contributed by atoms with Crippen LogP contribution in [0.3, 0.4) is 0 Å². The van der Waals surface area contributed by atoms with Gasteiger partial charge in [0.25, 0.3) is 0 Å². The Morgan fingerprint density at radius 1 is 1.14 bits per heavy atom. The lowest BCUT2D eigenvalue weighted by atomic mass is 9.74. The van der Waals surface area contributed by atoms with Crippen LogP contribution in [0, 0.1) is 6.92 Å². The second-order valence-corrected chi connectivity index (χ2v) is 6.63. The third-order valence-corrected chi connectivity index (χ3v) is 4.78. The van der Waals surface area contributed by atoms with Crippen molar-refractivity contribution in [3.63, 3.8) is 0 Å². The molecule has 110 valence electrons. The van der Waals surface area contributed by atoms with Gasteiger partial charge in [0.2, 0.25) is 0 Å². The minimum Gasteiger partial charge on any atom is -0.495 e. The number of nitrogens with one attached hydrogen (secondary N) is 1. The van der Waals surface area contributed by atoms with E-state index in [0.717, 1.165) is 15.9 Å².